The van der Waals surface area contributed by atoms with Gasteiger partial charge in [0.15, 0.2) is 0 Å². The molecule has 0 fully saturated rings. The topological polar surface area (TPSA) is 46.0 Å². The van der Waals surface area contributed by atoms with E-state index in [1.54, 1.807) is 0 Å². The zero-order valence-corrected chi connectivity index (χ0v) is 8.92. The third-order valence-corrected chi connectivity index (χ3v) is 2.90. The highest BCUT2D eigenvalue weighted by atomic mass is 16.3. The van der Waals surface area contributed by atoms with Crippen LogP contribution >= 0.6 is 0 Å². The third kappa shape index (κ3) is 1.06. The van der Waals surface area contributed by atoms with Crippen LogP contribution in [0.25, 0.3) is 5.76 Å². The summed E-state index contributed by atoms with van der Waals surface area (Å²) in [6.07, 6.45) is 0. The van der Waals surface area contributed by atoms with E-state index >= 15 is 0 Å². The van der Waals surface area contributed by atoms with Gasteiger partial charge in [-0.25, -0.2) is 9.97 Å². The first-order valence-corrected chi connectivity index (χ1v) is 4.77. The van der Waals surface area contributed by atoms with Crippen LogP contribution < -0.4 is 0 Å². The van der Waals surface area contributed by atoms with E-state index in [9.17, 15) is 5.11 Å². The van der Waals surface area contributed by atoms with Gasteiger partial charge in [0.05, 0.1) is 17.0 Å². The summed E-state index contributed by atoms with van der Waals surface area (Å²) in [5.74, 6) is 1.35. The molecule has 72 valence electrons. The van der Waals surface area contributed by atoms with Crippen LogP contribution in [0.15, 0.2) is 5.57 Å². The molecule has 2 rings (SSSR count). The fourth-order valence-electron chi connectivity index (χ4n) is 1.95. The maximum Gasteiger partial charge on any atom is 0.125 e. The minimum absolute atomic E-state index is 0.213. The van der Waals surface area contributed by atoms with E-state index in [1.807, 2.05) is 20.8 Å². The van der Waals surface area contributed by atoms with E-state index in [-0.39, 0.29) is 5.82 Å². The third-order valence-electron chi connectivity index (χ3n) is 2.90. The van der Waals surface area contributed by atoms with Gasteiger partial charge < -0.3 is 5.11 Å². The van der Waals surface area contributed by atoms with Gasteiger partial charge in [0.1, 0.15) is 19.4 Å². The van der Waals surface area contributed by atoms with Gasteiger partial charge in [0, 0.05) is 0 Å². The molecule has 0 bridgehead atoms. The average molecular weight is 188 g/mol. The first kappa shape index (κ1) is 9.25. The van der Waals surface area contributed by atoms with E-state index < -0.39 is 0 Å². The number of aliphatic hydroxyl groups excluding tert-OH is 1. The Labute approximate surface area is 84.3 Å². The van der Waals surface area contributed by atoms with E-state index in [2.05, 4.69) is 17.8 Å². The molecule has 0 aromatic carbocycles. The monoisotopic (exact) mass is 188 g/mol. The Bertz CT molecular complexity index is 440. The van der Waals surface area contributed by atoms with Gasteiger partial charge in [0.25, 0.3) is 0 Å². The zero-order valence-electron chi connectivity index (χ0n) is 8.92. The van der Waals surface area contributed by atoms with Crippen molar-refractivity contribution in [3.8, 4) is 0 Å². The van der Waals surface area contributed by atoms with Crippen molar-refractivity contribution in [1.82, 2.24) is 9.97 Å². The van der Waals surface area contributed by atoms with Crippen LogP contribution in [0.4, 0.5) is 0 Å². The summed E-state index contributed by atoms with van der Waals surface area (Å²) in [5, 5.41) is 9.89. The van der Waals surface area contributed by atoms with Crippen LogP contribution in [0.1, 0.15) is 35.5 Å². The molecule has 0 amide bonds. The van der Waals surface area contributed by atoms with Crippen LogP contribution in [0.5, 0.6) is 0 Å². The number of nitrogens with zero attached hydrogens (tertiary/aromatic N) is 2. The van der Waals surface area contributed by atoms with E-state index in [4.69, 9.17) is 0 Å². The smallest absolute Gasteiger partial charge is 0.125 e. The molecule has 1 aromatic rings. The maximum atomic E-state index is 9.89. The van der Waals surface area contributed by atoms with E-state index in [0.717, 1.165) is 28.3 Å². The van der Waals surface area contributed by atoms with Crippen LogP contribution in [0.3, 0.4) is 0 Å². The maximum absolute atomic E-state index is 9.89. The van der Waals surface area contributed by atoms with Crippen molar-refractivity contribution in [3.63, 3.8) is 0 Å². The van der Waals surface area contributed by atoms with E-state index in [0.29, 0.717) is 5.76 Å². The number of aryl methyl sites for hydroxylation is 2. The van der Waals surface area contributed by atoms with Crippen molar-refractivity contribution in [2.75, 3.05) is 0 Å². The molecule has 0 radical (unpaired) electrons. The molecule has 1 unspecified atom stereocenters. The number of aromatic nitrogens is 2. The van der Waals surface area contributed by atoms with Crippen molar-refractivity contribution >= 4 is 13.6 Å². The molecule has 14 heavy (non-hydrogen) atoms. The van der Waals surface area contributed by atoms with E-state index in [1.165, 1.54) is 0 Å². The lowest BCUT2D eigenvalue weighted by atomic mass is 9.81. The van der Waals surface area contributed by atoms with Crippen LogP contribution in [0.2, 0.25) is 0 Å². The Kier molecular flexibility index (Phi) is 1.87. The molecule has 0 saturated carbocycles. The van der Waals surface area contributed by atoms with Crippen LogP contribution in [-0.4, -0.2) is 22.9 Å². The van der Waals surface area contributed by atoms with Crippen LogP contribution in [-0.2, 0) is 0 Å². The largest absolute Gasteiger partial charge is 0.507 e. The number of aliphatic hydroxyl groups is 1. The summed E-state index contributed by atoms with van der Waals surface area (Å²) in [6.45, 7) is 5.73. The van der Waals surface area contributed by atoms with Gasteiger partial charge in [-0.05, 0) is 32.2 Å². The van der Waals surface area contributed by atoms with Crippen molar-refractivity contribution < 1.29 is 5.11 Å². The standard InChI is InChI=1S/C10H13BN2O/c1-4-8(11)9-7(10(4)14)5(2)12-6(3)13-9/h8,14H,11H2,1-3H3. The van der Waals surface area contributed by atoms with Gasteiger partial charge in [0.2, 0.25) is 0 Å². The molecule has 1 aliphatic carbocycles. The lowest BCUT2D eigenvalue weighted by Crippen LogP contribution is -2.04. The highest BCUT2D eigenvalue weighted by Gasteiger charge is 2.28. The molecule has 1 atom stereocenters. The molecule has 1 heterocycles. The van der Waals surface area contributed by atoms with Crippen molar-refractivity contribution in [2.45, 2.75) is 26.6 Å². The average Bonchev–Trinajstić information content (AvgIpc) is 2.31. The molecule has 1 aromatic heterocycles. The van der Waals surface area contributed by atoms with Gasteiger partial charge in [-0.15, -0.1) is 0 Å². The number of fused-ring (bicyclic) bond motifs is 1. The lowest BCUT2D eigenvalue weighted by Gasteiger charge is -2.07. The normalized spacial score (nSPS) is 20.1. The summed E-state index contributed by atoms with van der Waals surface area (Å²) in [7, 11) is 2.06. The fourth-order valence-corrected chi connectivity index (χ4v) is 1.95. The Hall–Kier alpha value is -1.32. The summed E-state index contributed by atoms with van der Waals surface area (Å²) < 4.78 is 0. The molecule has 1 N–H and O–H groups in total. The second-order valence-electron chi connectivity index (χ2n) is 3.87. The van der Waals surface area contributed by atoms with Gasteiger partial charge >= 0.3 is 0 Å². The quantitative estimate of drug-likeness (QED) is 0.619. The highest BCUT2D eigenvalue weighted by molar-refractivity contribution is 6.16. The predicted molar refractivity (Wildman–Crippen MR) is 58.0 cm³/mol. The number of hydrogen-bond acceptors (Lipinski definition) is 3. The number of rotatable bonds is 0. The lowest BCUT2D eigenvalue weighted by molar-refractivity contribution is 0.508. The SMILES string of the molecule is BC1C(C)=C(O)c2c(C)nc(C)nc21. The van der Waals surface area contributed by atoms with Crippen molar-refractivity contribution in [3.05, 3.63) is 28.3 Å². The zero-order chi connectivity index (χ0) is 10.5. The Balaban J connectivity index is 2.73. The number of hydrogen-bond donors (Lipinski definition) is 1. The Morgan fingerprint density at radius 2 is 1.86 bits per heavy atom. The first-order valence-electron chi connectivity index (χ1n) is 4.77. The van der Waals surface area contributed by atoms with Crippen molar-refractivity contribution in [2.24, 2.45) is 0 Å². The summed E-state index contributed by atoms with van der Waals surface area (Å²) in [6, 6.07) is 0. The molecule has 1 aliphatic rings. The molecular weight excluding hydrogens is 175 g/mol. The first-order chi connectivity index (χ1) is 6.52. The molecule has 0 spiro atoms. The predicted octanol–water partition coefficient (Wildman–Crippen LogP) is 1.07. The summed E-state index contributed by atoms with van der Waals surface area (Å²) in [4.78, 5) is 8.64. The summed E-state index contributed by atoms with van der Waals surface area (Å²) in [5.41, 5.74) is 3.65. The molecule has 0 saturated heterocycles. The Morgan fingerprint density at radius 1 is 1.21 bits per heavy atom. The highest BCUT2D eigenvalue weighted by Crippen LogP contribution is 2.38. The second kappa shape index (κ2) is 2.84. The number of allylic oxidation sites excluding steroid dienone is 1. The molecule has 3 nitrogen and oxygen atoms in total. The minimum atomic E-state index is 0.213. The summed E-state index contributed by atoms with van der Waals surface area (Å²) >= 11 is 0. The van der Waals surface area contributed by atoms with Crippen LogP contribution in [0, 0.1) is 13.8 Å². The minimum Gasteiger partial charge on any atom is -0.507 e. The van der Waals surface area contributed by atoms with Gasteiger partial charge in [-0.1, -0.05) is 0 Å². The Morgan fingerprint density at radius 3 is 2.50 bits per heavy atom. The molecule has 4 heteroatoms. The van der Waals surface area contributed by atoms with Gasteiger partial charge in [-0.3, -0.25) is 0 Å². The molecule has 0 aliphatic heterocycles. The van der Waals surface area contributed by atoms with Crippen molar-refractivity contribution in [1.29, 1.82) is 0 Å². The second-order valence-corrected chi connectivity index (χ2v) is 3.87. The molecular formula is C10H13BN2O. The fraction of sp³-hybridized carbons (Fsp3) is 0.400. The van der Waals surface area contributed by atoms with Gasteiger partial charge in [-0.2, -0.15) is 0 Å².